The highest BCUT2D eigenvalue weighted by molar-refractivity contribution is 5.80. The number of hydrogen-bond donors (Lipinski definition) is 2. The molecule has 168 valence electrons. The van der Waals surface area contributed by atoms with E-state index in [9.17, 15) is 4.79 Å². The molecule has 2 aliphatic heterocycles. The van der Waals surface area contributed by atoms with E-state index in [0.29, 0.717) is 23.9 Å². The zero-order valence-electron chi connectivity index (χ0n) is 19.6. The molecule has 29 heavy (non-hydrogen) atoms. The van der Waals surface area contributed by atoms with Crippen molar-refractivity contribution in [3.8, 4) is 0 Å². The number of carbonyl (C=O) groups excluding carboxylic acids is 1. The molecule has 7 nitrogen and oxygen atoms in total. The fourth-order valence-electron chi connectivity index (χ4n) is 4.17. The third-order valence-electron chi connectivity index (χ3n) is 5.93. The first-order chi connectivity index (χ1) is 13.6. The van der Waals surface area contributed by atoms with E-state index in [1.54, 1.807) is 0 Å². The highest BCUT2D eigenvalue weighted by Gasteiger charge is 2.31. The van der Waals surface area contributed by atoms with Gasteiger partial charge in [0, 0.05) is 51.9 Å². The van der Waals surface area contributed by atoms with Crippen LogP contribution < -0.4 is 10.6 Å². The lowest BCUT2D eigenvalue weighted by atomic mass is 9.95. The molecular formula is C22H43N5O2. The first-order valence-corrected chi connectivity index (χ1v) is 11.3. The summed E-state index contributed by atoms with van der Waals surface area (Å²) in [5.41, 5.74) is -0.438. The summed E-state index contributed by atoms with van der Waals surface area (Å²) in [4.78, 5) is 21.1. The molecule has 0 aliphatic carbocycles. The van der Waals surface area contributed by atoms with E-state index < -0.39 is 5.60 Å². The number of nitrogens with zero attached hydrogens (tertiary/aromatic N) is 3. The first-order valence-electron chi connectivity index (χ1n) is 11.3. The number of piperidine rings is 1. The number of likely N-dealkylation sites (tertiary alicyclic amines) is 2. The lowest BCUT2D eigenvalue weighted by Crippen LogP contribution is -2.47. The van der Waals surface area contributed by atoms with E-state index in [4.69, 9.17) is 4.74 Å². The van der Waals surface area contributed by atoms with Crippen LogP contribution in [0.5, 0.6) is 0 Å². The molecule has 2 N–H and O–H groups in total. The van der Waals surface area contributed by atoms with E-state index in [2.05, 4.69) is 41.3 Å². The number of hydrogen-bond acceptors (Lipinski definition) is 4. The van der Waals surface area contributed by atoms with Crippen LogP contribution in [0.4, 0.5) is 4.79 Å². The Balaban J connectivity index is 1.74. The molecule has 0 saturated carbocycles. The molecule has 2 rings (SSSR count). The Hall–Kier alpha value is -1.50. The van der Waals surface area contributed by atoms with Crippen LogP contribution in [0.25, 0.3) is 0 Å². The first kappa shape index (κ1) is 23.8. The van der Waals surface area contributed by atoms with E-state index in [0.717, 1.165) is 57.9 Å². The molecule has 0 radical (unpaired) electrons. The van der Waals surface area contributed by atoms with Crippen molar-refractivity contribution in [3.63, 3.8) is 0 Å². The minimum atomic E-state index is -0.438. The van der Waals surface area contributed by atoms with Crippen LogP contribution in [0.2, 0.25) is 0 Å². The van der Waals surface area contributed by atoms with E-state index >= 15 is 0 Å². The average Bonchev–Trinajstić information content (AvgIpc) is 3.00. The molecule has 7 heteroatoms. The molecule has 3 unspecified atom stereocenters. The molecule has 0 aromatic heterocycles. The topological polar surface area (TPSA) is 69.2 Å². The summed E-state index contributed by atoms with van der Waals surface area (Å²) < 4.78 is 5.53. The Labute approximate surface area is 177 Å². The van der Waals surface area contributed by atoms with Gasteiger partial charge in [0.25, 0.3) is 0 Å². The van der Waals surface area contributed by atoms with Crippen molar-refractivity contribution in [2.75, 3.05) is 39.8 Å². The van der Waals surface area contributed by atoms with E-state index in [-0.39, 0.29) is 6.09 Å². The van der Waals surface area contributed by atoms with Gasteiger partial charge in [-0.05, 0) is 65.7 Å². The number of guanidine groups is 1. The Morgan fingerprint density at radius 2 is 1.97 bits per heavy atom. The van der Waals surface area contributed by atoms with Gasteiger partial charge in [0.2, 0.25) is 0 Å². The summed E-state index contributed by atoms with van der Waals surface area (Å²) in [6.07, 6.45) is 3.05. The molecule has 0 spiro atoms. The van der Waals surface area contributed by atoms with E-state index in [1.807, 2.05) is 32.7 Å². The molecule has 2 aliphatic rings. The molecule has 0 bridgehead atoms. The van der Waals surface area contributed by atoms with Gasteiger partial charge in [-0.3, -0.25) is 9.89 Å². The second-order valence-electron chi connectivity index (χ2n) is 10.00. The van der Waals surface area contributed by atoms with Crippen LogP contribution in [0.1, 0.15) is 60.8 Å². The maximum atomic E-state index is 12.3. The van der Waals surface area contributed by atoms with Crippen molar-refractivity contribution in [2.24, 2.45) is 16.8 Å². The predicted octanol–water partition coefficient (Wildman–Crippen LogP) is 2.92. The van der Waals surface area contributed by atoms with Gasteiger partial charge in [0.1, 0.15) is 5.60 Å². The van der Waals surface area contributed by atoms with Crippen LogP contribution in [0.3, 0.4) is 0 Å². The fraction of sp³-hybridized carbons (Fsp3) is 0.909. The Kier molecular flexibility index (Phi) is 8.61. The van der Waals surface area contributed by atoms with Crippen LogP contribution in [0.15, 0.2) is 4.99 Å². The standard InChI is InChI=1S/C22H43N5O2/c1-16(2)27-13-17(3)19(15-27)25-20(23-7)24-11-10-18-9-8-12-26(14-18)21(28)29-22(4,5)6/h16-19H,8-15H2,1-7H3,(H2,23,24,25). The average molecular weight is 410 g/mol. The third kappa shape index (κ3) is 7.68. The van der Waals surface area contributed by atoms with Crippen LogP contribution >= 0.6 is 0 Å². The number of carbonyl (C=O) groups is 1. The number of ether oxygens (including phenoxy) is 1. The molecular weight excluding hydrogens is 366 g/mol. The highest BCUT2D eigenvalue weighted by atomic mass is 16.6. The minimum absolute atomic E-state index is 0.183. The van der Waals surface area contributed by atoms with Crippen molar-refractivity contribution >= 4 is 12.1 Å². The number of nitrogens with one attached hydrogen (secondary N) is 2. The van der Waals surface area contributed by atoms with Crippen LogP contribution in [0, 0.1) is 11.8 Å². The van der Waals surface area contributed by atoms with Crippen LogP contribution in [-0.4, -0.2) is 79.3 Å². The summed E-state index contributed by atoms with van der Waals surface area (Å²) in [5.74, 6) is 1.99. The van der Waals surface area contributed by atoms with Crippen molar-refractivity contribution in [2.45, 2.75) is 78.5 Å². The SMILES string of the molecule is CN=C(NCCC1CCCN(C(=O)OC(C)(C)C)C1)NC1CN(C(C)C)CC1C. The van der Waals surface area contributed by atoms with Crippen molar-refractivity contribution < 1.29 is 9.53 Å². The Morgan fingerprint density at radius 3 is 2.55 bits per heavy atom. The Bertz CT molecular complexity index is 558. The van der Waals surface area contributed by atoms with Gasteiger partial charge in [0.05, 0.1) is 0 Å². The Morgan fingerprint density at radius 1 is 1.24 bits per heavy atom. The van der Waals surface area contributed by atoms with E-state index in [1.165, 1.54) is 0 Å². The lowest BCUT2D eigenvalue weighted by Gasteiger charge is -2.34. The monoisotopic (exact) mass is 409 g/mol. The van der Waals surface area contributed by atoms with Crippen LogP contribution in [-0.2, 0) is 4.74 Å². The van der Waals surface area contributed by atoms with Crippen molar-refractivity contribution in [3.05, 3.63) is 0 Å². The van der Waals surface area contributed by atoms with Gasteiger partial charge in [-0.25, -0.2) is 4.79 Å². The second-order valence-corrected chi connectivity index (χ2v) is 10.00. The normalized spacial score (nSPS) is 26.7. The molecule has 2 heterocycles. The molecule has 3 atom stereocenters. The third-order valence-corrected chi connectivity index (χ3v) is 5.93. The predicted molar refractivity (Wildman–Crippen MR) is 119 cm³/mol. The van der Waals surface area contributed by atoms with Gasteiger partial charge in [0.15, 0.2) is 5.96 Å². The molecule has 2 saturated heterocycles. The van der Waals surface area contributed by atoms with Gasteiger partial charge in [-0.1, -0.05) is 6.92 Å². The smallest absolute Gasteiger partial charge is 0.410 e. The molecule has 0 aromatic carbocycles. The van der Waals surface area contributed by atoms with Gasteiger partial charge >= 0.3 is 6.09 Å². The zero-order valence-corrected chi connectivity index (χ0v) is 19.6. The van der Waals surface area contributed by atoms with Gasteiger partial charge in [-0.15, -0.1) is 0 Å². The summed E-state index contributed by atoms with van der Waals surface area (Å²) in [6.45, 7) is 17.2. The van der Waals surface area contributed by atoms with Gasteiger partial charge < -0.3 is 20.3 Å². The largest absolute Gasteiger partial charge is 0.444 e. The second kappa shape index (κ2) is 10.5. The summed E-state index contributed by atoms with van der Waals surface area (Å²) >= 11 is 0. The van der Waals surface area contributed by atoms with Crippen molar-refractivity contribution in [1.82, 2.24) is 20.4 Å². The number of amides is 1. The summed E-state index contributed by atoms with van der Waals surface area (Å²) in [5, 5.41) is 7.08. The maximum Gasteiger partial charge on any atom is 0.410 e. The molecule has 1 amide bonds. The fourth-order valence-corrected chi connectivity index (χ4v) is 4.17. The zero-order chi connectivity index (χ0) is 21.6. The maximum absolute atomic E-state index is 12.3. The quantitative estimate of drug-likeness (QED) is 0.540. The molecule has 0 aromatic rings. The summed E-state index contributed by atoms with van der Waals surface area (Å²) in [6, 6.07) is 1.01. The minimum Gasteiger partial charge on any atom is -0.444 e. The van der Waals surface area contributed by atoms with Crippen molar-refractivity contribution in [1.29, 1.82) is 0 Å². The highest BCUT2D eigenvalue weighted by Crippen LogP contribution is 2.22. The summed E-state index contributed by atoms with van der Waals surface area (Å²) in [7, 11) is 1.83. The van der Waals surface area contributed by atoms with Gasteiger partial charge in [-0.2, -0.15) is 0 Å². The lowest BCUT2D eigenvalue weighted by molar-refractivity contribution is 0.0162. The molecule has 2 fully saturated rings. The number of aliphatic imine (C=N–C) groups is 1. The number of rotatable bonds is 5.